The Morgan fingerprint density at radius 1 is 1.67 bits per heavy atom. The van der Waals surface area contributed by atoms with Crippen molar-refractivity contribution < 1.29 is 0 Å². The van der Waals surface area contributed by atoms with Gasteiger partial charge >= 0.3 is 0 Å². The number of anilines is 1. The summed E-state index contributed by atoms with van der Waals surface area (Å²) in [5, 5.41) is 4.32. The summed E-state index contributed by atoms with van der Waals surface area (Å²) in [6.45, 7) is 0. The van der Waals surface area contributed by atoms with Crippen LogP contribution in [0, 0.1) is 0 Å². The van der Waals surface area contributed by atoms with Crippen LogP contribution in [0.25, 0.3) is 0 Å². The third-order valence-electron chi connectivity index (χ3n) is 1.24. The second kappa shape index (κ2) is 1.92. The zero-order chi connectivity index (χ0) is 6.10. The molecule has 0 radical (unpaired) electrons. The second-order valence-electron chi connectivity index (χ2n) is 1.82. The van der Waals surface area contributed by atoms with Gasteiger partial charge in [-0.2, -0.15) is 0 Å². The topological polar surface area (TPSA) is 24.9 Å². The average molecular weight is 138 g/mol. The van der Waals surface area contributed by atoms with E-state index in [9.17, 15) is 0 Å². The molecule has 0 aromatic carbocycles. The van der Waals surface area contributed by atoms with Gasteiger partial charge in [0, 0.05) is 6.20 Å². The van der Waals surface area contributed by atoms with E-state index < -0.39 is 0 Å². The van der Waals surface area contributed by atoms with Gasteiger partial charge in [0.05, 0.1) is 11.6 Å². The maximum atomic E-state index is 4.16. The molecule has 46 valence electrons. The fraction of sp³-hybridized carbons (Fsp3) is 0.167. The molecule has 2 nitrogen and oxygen atoms in total. The minimum Gasteiger partial charge on any atom is -0.373 e. The van der Waals surface area contributed by atoms with Crippen molar-refractivity contribution >= 4 is 17.4 Å². The molecule has 0 saturated carbocycles. The van der Waals surface area contributed by atoms with E-state index in [-0.39, 0.29) is 0 Å². The van der Waals surface area contributed by atoms with Crippen LogP contribution >= 0.6 is 11.8 Å². The second-order valence-corrected chi connectivity index (χ2v) is 2.79. The lowest BCUT2D eigenvalue weighted by Gasteiger charge is -1.92. The first-order chi connectivity index (χ1) is 4.47. The van der Waals surface area contributed by atoms with Crippen LogP contribution in [0.2, 0.25) is 0 Å². The van der Waals surface area contributed by atoms with E-state index in [0.29, 0.717) is 0 Å². The molecule has 0 atom stereocenters. The molecule has 1 aromatic rings. The molecule has 2 rings (SSSR count). The van der Waals surface area contributed by atoms with Crippen LogP contribution in [-0.2, 0) is 0 Å². The molecule has 0 spiro atoms. The van der Waals surface area contributed by atoms with Gasteiger partial charge in [0.1, 0.15) is 5.03 Å². The summed E-state index contributed by atoms with van der Waals surface area (Å²) >= 11 is 1.75. The highest BCUT2D eigenvalue weighted by Crippen LogP contribution is 2.30. The molecule has 0 aliphatic carbocycles. The van der Waals surface area contributed by atoms with Crippen molar-refractivity contribution in [2.45, 2.75) is 5.03 Å². The Labute approximate surface area is 57.7 Å². The molecule has 0 amide bonds. The summed E-state index contributed by atoms with van der Waals surface area (Å²) in [5.41, 5.74) is 1.17. The van der Waals surface area contributed by atoms with E-state index >= 15 is 0 Å². The Hall–Kier alpha value is -0.700. The van der Waals surface area contributed by atoms with E-state index in [4.69, 9.17) is 0 Å². The summed E-state index contributed by atoms with van der Waals surface area (Å²) in [7, 11) is 0. The average Bonchev–Trinajstić information content (AvgIpc) is 2.33. The molecule has 1 aromatic heterocycles. The number of pyridine rings is 1. The van der Waals surface area contributed by atoms with Crippen molar-refractivity contribution in [1.82, 2.24) is 4.98 Å². The van der Waals surface area contributed by atoms with Crippen molar-refractivity contribution in [2.75, 3.05) is 11.2 Å². The maximum Gasteiger partial charge on any atom is 0.121 e. The molecule has 1 aliphatic rings. The van der Waals surface area contributed by atoms with E-state index in [1.54, 1.807) is 11.8 Å². The first-order valence-corrected chi connectivity index (χ1v) is 3.77. The van der Waals surface area contributed by atoms with Crippen molar-refractivity contribution in [3.05, 3.63) is 18.3 Å². The zero-order valence-corrected chi connectivity index (χ0v) is 5.61. The quantitative estimate of drug-likeness (QED) is 0.589. The van der Waals surface area contributed by atoms with E-state index in [2.05, 4.69) is 10.3 Å². The van der Waals surface area contributed by atoms with Crippen molar-refractivity contribution in [3.8, 4) is 0 Å². The van der Waals surface area contributed by atoms with Gasteiger partial charge in [-0.25, -0.2) is 4.98 Å². The predicted octanol–water partition coefficient (Wildman–Crippen LogP) is 1.56. The molecule has 0 bridgehead atoms. The van der Waals surface area contributed by atoms with Crippen LogP contribution in [0.15, 0.2) is 23.4 Å². The maximum absolute atomic E-state index is 4.16. The Morgan fingerprint density at radius 3 is 3.56 bits per heavy atom. The Bertz CT molecular complexity index is 201. The zero-order valence-electron chi connectivity index (χ0n) is 4.79. The third kappa shape index (κ3) is 0.772. The summed E-state index contributed by atoms with van der Waals surface area (Å²) in [6.07, 6.45) is 1.82. The highest BCUT2D eigenvalue weighted by molar-refractivity contribution is 7.99. The van der Waals surface area contributed by atoms with Gasteiger partial charge < -0.3 is 5.32 Å². The molecule has 9 heavy (non-hydrogen) atoms. The largest absolute Gasteiger partial charge is 0.373 e. The number of nitrogens with zero attached hydrogens (tertiary/aromatic N) is 1. The summed E-state index contributed by atoms with van der Waals surface area (Å²) in [4.78, 5) is 4.16. The first kappa shape index (κ1) is 5.11. The smallest absolute Gasteiger partial charge is 0.121 e. The van der Waals surface area contributed by atoms with Crippen molar-refractivity contribution in [2.24, 2.45) is 0 Å². The third-order valence-corrected chi connectivity index (χ3v) is 2.13. The predicted molar refractivity (Wildman–Crippen MR) is 38.6 cm³/mol. The van der Waals surface area contributed by atoms with Crippen LogP contribution in [-0.4, -0.2) is 10.9 Å². The van der Waals surface area contributed by atoms with Gasteiger partial charge in [0.2, 0.25) is 0 Å². The van der Waals surface area contributed by atoms with Crippen LogP contribution in [0.5, 0.6) is 0 Å². The van der Waals surface area contributed by atoms with Gasteiger partial charge in [-0.1, -0.05) is 11.8 Å². The SMILES string of the molecule is c1cnc2c(c1)NCS2. The molecular weight excluding hydrogens is 132 g/mol. The standard InChI is InChI=1S/C6H6N2S/c1-2-5-6(7-3-1)9-4-8-5/h1-3,8H,4H2. The number of aromatic nitrogens is 1. The van der Waals surface area contributed by atoms with Crippen molar-refractivity contribution in [1.29, 1.82) is 0 Å². The van der Waals surface area contributed by atoms with Crippen LogP contribution < -0.4 is 5.32 Å². The fourth-order valence-electron chi connectivity index (χ4n) is 0.823. The summed E-state index contributed by atoms with van der Waals surface area (Å²) < 4.78 is 0. The fourth-order valence-corrected chi connectivity index (χ4v) is 1.62. The Kier molecular flexibility index (Phi) is 1.09. The minimum atomic E-state index is 0.965. The van der Waals surface area contributed by atoms with E-state index in [0.717, 1.165) is 10.9 Å². The minimum absolute atomic E-state index is 0.965. The lowest BCUT2D eigenvalue weighted by molar-refractivity contribution is 1.15. The Morgan fingerprint density at radius 2 is 2.67 bits per heavy atom. The lowest BCUT2D eigenvalue weighted by Crippen LogP contribution is -1.87. The Balaban J connectivity index is 2.54. The number of hydrogen-bond donors (Lipinski definition) is 1. The number of thioether (sulfide) groups is 1. The van der Waals surface area contributed by atoms with Crippen LogP contribution in [0.1, 0.15) is 0 Å². The number of nitrogens with one attached hydrogen (secondary N) is 1. The van der Waals surface area contributed by atoms with Gasteiger partial charge in [-0.15, -0.1) is 0 Å². The first-order valence-electron chi connectivity index (χ1n) is 2.78. The highest BCUT2D eigenvalue weighted by atomic mass is 32.2. The lowest BCUT2D eigenvalue weighted by atomic mass is 10.4. The van der Waals surface area contributed by atoms with Gasteiger partial charge in [-0.05, 0) is 12.1 Å². The molecule has 1 aliphatic heterocycles. The summed E-state index contributed by atoms with van der Waals surface area (Å²) in [5.74, 6) is 0.965. The number of fused-ring (bicyclic) bond motifs is 1. The molecule has 2 heterocycles. The summed E-state index contributed by atoms with van der Waals surface area (Å²) in [6, 6.07) is 3.99. The molecule has 0 fully saturated rings. The molecular formula is C6H6N2S. The van der Waals surface area contributed by atoms with Gasteiger partial charge in [0.15, 0.2) is 0 Å². The van der Waals surface area contributed by atoms with Crippen LogP contribution in [0.4, 0.5) is 5.69 Å². The number of rotatable bonds is 0. The molecule has 0 unspecified atom stereocenters. The van der Waals surface area contributed by atoms with E-state index in [1.807, 2.05) is 18.3 Å². The van der Waals surface area contributed by atoms with Gasteiger partial charge in [-0.3, -0.25) is 0 Å². The highest BCUT2D eigenvalue weighted by Gasteiger charge is 2.08. The van der Waals surface area contributed by atoms with Gasteiger partial charge in [0.25, 0.3) is 0 Å². The molecule has 3 heteroatoms. The van der Waals surface area contributed by atoms with Crippen molar-refractivity contribution in [3.63, 3.8) is 0 Å². The molecule has 0 saturated heterocycles. The monoisotopic (exact) mass is 138 g/mol. The van der Waals surface area contributed by atoms with Crippen LogP contribution in [0.3, 0.4) is 0 Å². The normalized spacial score (nSPS) is 14.7. The number of hydrogen-bond acceptors (Lipinski definition) is 3. The van der Waals surface area contributed by atoms with E-state index in [1.165, 1.54) is 5.69 Å². The molecule has 1 N–H and O–H groups in total.